The second-order valence-electron chi connectivity index (χ2n) is 7.77. The maximum atomic E-state index is 12.6. The van der Waals surface area contributed by atoms with Crippen LogP contribution in [0, 0.1) is 6.92 Å². The lowest BCUT2D eigenvalue weighted by atomic mass is 10.1. The molecule has 0 saturated carbocycles. The second kappa shape index (κ2) is 8.86. The van der Waals surface area contributed by atoms with Gasteiger partial charge in [-0.1, -0.05) is 29.4 Å². The van der Waals surface area contributed by atoms with E-state index in [4.69, 9.17) is 11.6 Å². The van der Waals surface area contributed by atoms with Crippen LogP contribution in [0.2, 0.25) is 5.02 Å². The molecule has 0 bridgehead atoms. The molecular weight excluding hydrogens is 446 g/mol. The van der Waals surface area contributed by atoms with E-state index in [0.29, 0.717) is 10.2 Å². The molecule has 0 spiro atoms. The van der Waals surface area contributed by atoms with Gasteiger partial charge < -0.3 is 5.32 Å². The average molecular weight is 470 g/mol. The molecule has 30 heavy (non-hydrogen) atoms. The normalized spacial score (nSPS) is 23.7. The van der Waals surface area contributed by atoms with Gasteiger partial charge in [-0.25, -0.2) is 8.42 Å². The Bertz CT molecular complexity index is 1040. The molecule has 1 aromatic carbocycles. The Morgan fingerprint density at radius 2 is 2.07 bits per heavy atom. The van der Waals surface area contributed by atoms with Crippen LogP contribution in [0.4, 0.5) is 0 Å². The first-order valence-corrected chi connectivity index (χ1v) is 13.0. The summed E-state index contributed by atoms with van der Waals surface area (Å²) >= 11 is 7.47. The highest BCUT2D eigenvalue weighted by Crippen LogP contribution is 2.25. The SMILES string of the molecule is Cc1ccc(-n2cnnc2SCC(=O)NC2CS(=O)(=O)CC2N2CCCC2)cc1Cl. The maximum Gasteiger partial charge on any atom is 0.230 e. The van der Waals surface area contributed by atoms with Crippen molar-refractivity contribution >= 4 is 39.1 Å². The van der Waals surface area contributed by atoms with Crippen molar-refractivity contribution in [2.45, 2.75) is 37.0 Å². The summed E-state index contributed by atoms with van der Waals surface area (Å²) in [7, 11) is -3.14. The standard InChI is InChI=1S/C19H24ClN5O3S2/c1-13-4-5-14(8-15(13)20)25-12-21-23-19(25)29-9-18(26)22-16-10-30(27,28)11-17(16)24-6-2-3-7-24/h4-5,8,12,16-17H,2-3,6-7,9-11H2,1H3,(H,22,26). The Hall–Kier alpha value is -1.62. The fourth-order valence-electron chi connectivity index (χ4n) is 4.01. The van der Waals surface area contributed by atoms with E-state index >= 15 is 0 Å². The van der Waals surface area contributed by atoms with E-state index in [9.17, 15) is 13.2 Å². The molecule has 2 atom stereocenters. The van der Waals surface area contributed by atoms with Gasteiger partial charge in [-0.3, -0.25) is 14.3 Å². The van der Waals surface area contributed by atoms with Crippen LogP contribution < -0.4 is 5.32 Å². The van der Waals surface area contributed by atoms with Crippen molar-refractivity contribution in [3.8, 4) is 5.69 Å². The third-order valence-electron chi connectivity index (χ3n) is 5.56. The number of nitrogens with zero attached hydrogens (tertiary/aromatic N) is 4. The van der Waals surface area contributed by atoms with Gasteiger partial charge in [-0.05, 0) is 50.6 Å². The van der Waals surface area contributed by atoms with Crippen molar-refractivity contribution in [2.75, 3.05) is 30.3 Å². The minimum atomic E-state index is -3.14. The first-order chi connectivity index (χ1) is 14.3. The molecule has 4 rings (SSSR count). The van der Waals surface area contributed by atoms with Crippen LogP contribution >= 0.6 is 23.4 Å². The first-order valence-electron chi connectivity index (χ1n) is 9.85. The topological polar surface area (TPSA) is 97.2 Å². The number of benzene rings is 1. The van der Waals surface area contributed by atoms with E-state index in [-0.39, 0.29) is 35.2 Å². The lowest BCUT2D eigenvalue weighted by Gasteiger charge is -2.28. The molecule has 2 unspecified atom stereocenters. The van der Waals surface area contributed by atoms with Gasteiger partial charge in [-0.2, -0.15) is 0 Å². The Labute approximate surface area is 185 Å². The number of rotatable bonds is 6. The highest BCUT2D eigenvalue weighted by atomic mass is 35.5. The van der Waals surface area contributed by atoms with Gasteiger partial charge in [0.2, 0.25) is 5.91 Å². The van der Waals surface area contributed by atoms with Crippen molar-refractivity contribution < 1.29 is 13.2 Å². The van der Waals surface area contributed by atoms with E-state index in [0.717, 1.165) is 37.2 Å². The van der Waals surface area contributed by atoms with E-state index < -0.39 is 9.84 Å². The predicted octanol–water partition coefficient (Wildman–Crippen LogP) is 1.70. The zero-order valence-corrected chi connectivity index (χ0v) is 19.0. The number of thioether (sulfide) groups is 1. The highest BCUT2D eigenvalue weighted by molar-refractivity contribution is 7.99. The zero-order chi connectivity index (χ0) is 21.3. The van der Waals surface area contributed by atoms with Crippen molar-refractivity contribution in [1.29, 1.82) is 0 Å². The predicted molar refractivity (Wildman–Crippen MR) is 117 cm³/mol. The zero-order valence-electron chi connectivity index (χ0n) is 16.6. The number of halogens is 1. The summed E-state index contributed by atoms with van der Waals surface area (Å²) in [4.78, 5) is 14.8. The summed E-state index contributed by atoms with van der Waals surface area (Å²) in [5.74, 6) is 0.0420. The number of sulfone groups is 1. The molecule has 2 aromatic rings. The summed E-state index contributed by atoms with van der Waals surface area (Å²) < 4.78 is 26.1. The number of aryl methyl sites for hydroxylation is 1. The molecule has 1 N–H and O–H groups in total. The van der Waals surface area contributed by atoms with Crippen molar-refractivity contribution in [3.63, 3.8) is 0 Å². The molecule has 8 nitrogen and oxygen atoms in total. The first kappa shape index (κ1) is 21.6. The van der Waals surface area contributed by atoms with Gasteiger partial charge in [-0.15, -0.1) is 10.2 Å². The summed E-state index contributed by atoms with van der Waals surface area (Å²) in [6, 6.07) is 5.16. The number of likely N-dealkylation sites (tertiary alicyclic amines) is 1. The number of carbonyl (C=O) groups excluding carboxylic acids is 1. The van der Waals surface area contributed by atoms with Gasteiger partial charge in [0, 0.05) is 11.1 Å². The number of amides is 1. The Balaban J connectivity index is 1.39. The summed E-state index contributed by atoms with van der Waals surface area (Å²) in [5, 5.41) is 12.2. The van der Waals surface area contributed by atoms with Crippen LogP contribution in [0.25, 0.3) is 5.69 Å². The number of nitrogens with one attached hydrogen (secondary N) is 1. The Kier molecular flexibility index (Phi) is 6.38. The number of aromatic nitrogens is 3. The quantitative estimate of drug-likeness (QED) is 0.643. The van der Waals surface area contributed by atoms with Crippen LogP contribution in [0.3, 0.4) is 0 Å². The molecular formula is C19H24ClN5O3S2. The smallest absolute Gasteiger partial charge is 0.230 e. The Morgan fingerprint density at radius 3 is 2.80 bits per heavy atom. The van der Waals surface area contributed by atoms with Gasteiger partial charge in [0.05, 0.1) is 29.0 Å². The van der Waals surface area contributed by atoms with E-state index in [1.165, 1.54) is 11.8 Å². The van der Waals surface area contributed by atoms with E-state index in [2.05, 4.69) is 20.4 Å². The lowest BCUT2D eigenvalue weighted by molar-refractivity contribution is -0.119. The Morgan fingerprint density at radius 1 is 1.30 bits per heavy atom. The van der Waals surface area contributed by atoms with Crippen LogP contribution in [-0.2, 0) is 14.6 Å². The molecule has 0 aliphatic carbocycles. The van der Waals surface area contributed by atoms with Crippen molar-refractivity contribution in [3.05, 3.63) is 35.1 Å². The van der Waals surface area contributed by atoms with Crippen LogP contribution in [0.1, 0.15) is 18.4 Å². The lowest BCUT2D eigenvalue weighted by Crippen LogP contribution is -2.50. The number of hydrogen-bond acceptors (Lipinski definition) is 7. The van der Waals surface area contributed by atoms with E-state index in [1.807, 2.05) is 25.1 Å². The number of carbonyl (C=O) groups is 1. The summed E-state index contributed by atoms with van der Waals surface area (Å²) in [6.45, 7) is 3.71. The minimum Gasteiger partial charge on any atom is -0.350 e. The minimum absolute atomic E-state index is 0.00260. The third-order valence-corrected chi connectivity index (χ3v) is 8.63. The molecule has 1 amide bonds. The second-order valence-corrected chi connectivity index (χ2v) is 11.3. The molecule has 2 aliphatic heterocycles. The maximum absolute atomic E-state index is 12.6. The molecule has 11 heteroatoms. The molecule has 162 valence electrons. The molecule has 0 radical (unpaired) electrons. The monoisotopic (exact) mass is 469 g/mol. The highest BCUT2D eigenvalue weighted by Gasteiger charge is 2.42. The van der Waals surface area contributed by atoms with Crippen LogP contribution in [-0.4, -0.2) is 76.4 Å². The van der Waals surface area contributed by atoms with Crippen LogP contribution in [0.5, 0.6) is 0 Å². The van der Waals surface area contributed by atoms with Gasteiger partial charge in [0.25, 0.3) is 0 Å². The van der Waals surface area contributed by atoms with Gasteiger partial charge >= 0.3 is 0 Å². The third kappa shape index (κ3) is 4.82. The molecule has 2 fully saturated rings. The van der Waals surface area contributed by atoms with Gasteiger partial charge in [0.1, 0.15) is 6.33 Å². The van der Waals surface area contributed by atoms with Crippen molar-refractivity contribution in [1.82, 2.24) is 25.0 Å². The summed E-state index contributed by atoms with van der Waals surface area (Å²) in [6.07, 6.45) is 3.73. The molecule has 1 aromatic heterocycles. The van der Waals surface area contributed by atoms with Crippen molar-refractivity contribution in [2.24, 2.45) is 0 Å². The fraction of sp³-hybridized carbons (Fsp3) is 0.526. The largest absolute Gasteiger partial charge is 0.350 e. The molecule has 2 aliphatic rings. The average Bonchev–Trinajstić information content (AvgIpc) is 3.42. The van der Waals surface area contributed by atoms with E-state index in [1.54, 1.807) is 10.9 Å². The van der Waals surface area contributed by atoms with Crippen LogP contribution in [0.15, 0.2) is 29.7 Å². The summed E-state index contributed by atoms with van der Waals surface area (Å²) in [5.41, 5.74) is 1.79. The van der Waals surface area contributed by atoms with Gasteiger partial charge in [0.15, 0.2) is 15.0 Å². The molecule has 3 heterocycles. The molecule has 2 saturated heterocycles. The number of hydrogen-bond donors (Lipinski definition) is 1. The fourth-order valence-corrected chi connectivity index (χ4v) is 6.88.